The number of carbonyl (C=O) groups excluding carboxylic acids is 1. The van der Waals surface area contributed by atoms with Crippen molar-refractivity contribution < 1.29 is 31.9 Å². The van der Waals surface area contributed by atoms with E-state index < -0.39 is 22.6 Å². The smallest absolute Gasteiger partial charge is 0.401 e. The molecule has 1 amide bonds. The molecule has 0 spiro atoms. The van der Waals surface area contributed by atoms with Gasteiger partial charge in [-0.25, -0.2) is 0 Å². The van der Waals surface area contributed by atoms with E-state index in [1.165, 1.54) is 12.1 Å². The Morgan fingerprint density at radius 2 is 2.00 bits per heavy atom. The minimum atomic E-state index is -4.87. The van der Waals surface area contributed by atoms with Gasteiger partial charge in [0.2, 0.25) is 0 Å². The summed E-state index contributed by atoms with van der Waals surface area (Å²) in [7, 11) is -4.87. The second kappa shape index (κ2) is 3.96. The molecule has 1 aliphatic heterocycles. The molecule has 92 valence electrons. The molecule has 2 rings (SSSR count). The number of fused-ring (bicyclic) bond motifs is 1. The summed E-state index contributed by atoms with van der Waals surface area (Å²) in [6, 6.07) is 5.87. The van der Waals surface area contributed by atoms with Crippen LogP contribution in [0.5, 0.6) is 5.75 Å². The monoisotopic (exact) mass is 261 g/mol. The minimum Gasteiger partial charge on any atom is -0.452 e. The molecule has 0 bridgehead atoms. The number of hydrogen-bond acceptors (Lipinski definition) is 6. The van der Waals surface area contributed by atoms with Crippen LogP contribution < -0.4 is 9.80 Å². The van der Waals surface area contributed by atoms with Crippen LogP contribution in [0.3, 0.4) is 0 Å². The van der Waals surface area contributed by atoms with Crippen LogP contribution in [0.4, 0.5) is 5.69 Å². The molecule has 0 saturated heterocycles. The normalized spacial score (nSPS) is 19.8. The second-order valence-electron chi connectivity index (χ2n) is 3.09. The fraction of sp³-hybridized carbons (Fsp3) is 0.125. The van der Waals surface area contributed by atoms with Gasteiger partial charge in [0.05, 0.1) is 0 Å². The number of amides is 1. The van der Waals surface area contributed by atoms with Crippen LogP contribution in [-0.2, 0) is 19.4 Å². The van der Waals surface area contributed by atoms with Crippen LogP contribution in [0.2, 0.25) is 0 Å². The van der Waals surface area contributed by atoms with E-state index in [1.54, 1.807) is 12.1 Å². The summed E-state index contributed by atoms with van der Waals surface area (Å²) in [5.41, 5.74) is 0.0488. The molecule has 0 radical (unpaired) electrons. The molecule has 1 aromatic carbocycles. The van der Waals surface area contributed by atoms with E-state index in [4.69, 9.17) is 9.29 Å². The molecule has 1 heterocycles. The van der Waals surface area contributed by atoms with Gasteiger partial charge in [-0.15, -0.1) is 0 Å². The molecule has 0 fully saturated rings. The van der Waals surface area contributed by atoms with Gasteiger partial charge in [-0.2, -0.15) is 17.7 Å². The average Bonchev–Trinajstić information content (AvgIpc) is 2.24. The number of hydrogen-bond donors (Lipinski definition) is 2. The predicted molar refractivity (Wildman–Crippen MR) is 52.8 cm³/mol. The Kier molecular flexibility index (Phi) is 2.75. The molecule has 1 unspecified atom stereocenters. The van der Waals surface area contributed by atoms with Gasteiger partial charge in [0.1, 0.15) is 11.4 Å². The van der Waals surface area contributed by atoms with Crippen LogP contribution in [0.25, 0.3) is 0 Å². The number of rotatable bonds is 2. The Morgan fingerprint density at radius 3 is 2.65 bits per heavy atom. The highest BCUT2D eigenvalue weighted by Crippen LogP contribution is 2.32. The summed E-state index contributed by atoms with van der Waals surface area (Å²) in [4.78, 5) is 11.4. The largest absolute Gasteiger partial charge is 0.452 e. The van der Waals surface area contributed by atoms with Gasteiger partial charge in [0.15, 0.2) is 0 Å². The lowest BCUT2D eigenvalue weighted by molar-refractivity contribution is -0.145. The molecular formula is C8H7NO7S. The molecule has 8 nitrogen and oxygen atoms in total. The number of ether oxygens (including phenoxy) is 1. The van der Waals surface area contributed by atoms with Crippen molar-refractivity contribution in [1.82, 2.24) is 0 Å². The zero-order valence-corrected chi connectivity index (χ0v) is 8.99. The van der Waals surface area contributed by atoms with E-state index in [-0.39, 0.29) is 16.5 Å². The lowest BCUT2D eigenvalue weighted by atomic mass is 10.2. The number of nitrogens with zero attached hydrogens (tertiary/aromatic N) is 1. The summed E-state index contributed by atoms with van der Waals surface area (Å²) < 4.78 is 38.2. The summed E-state index contributed by atoms with van der Waals surface area (Å²) in [5.74, 6) is -1.12. The summed E-state index contributed by atoms with van der Waals surface area (Å²) in [6.45, 7) is 0. The Morgan fingerprint density at radius 1 is 1.35 bits per heavy atom. The van der Waals surface area contributed by atoms with Gasteiger partial charge in [-0.05, 0) is 12.1 Å². The van der Waals surface area contributed by atoms with Crippen LogP contribution in [0.1, 0.15) is 0 Å². The number of hydroxylamine groups is 1. The number of benzene rings is 1. The third-order valence-corrected chi connectivity index (χ3v) is 2.36. The Bertz CT molecular complexity index is 555. The Hall–Kier alpha value is -1.68. The number of carbonyl (C=O) groups is 1. The van der Waals surface area contributed by atoms with E-state index >= 15 is 0 Å². The van der Waals surface area contributed by atoms with Crippen molar-refractivity contribution >= 4 is 22.0 Å². The van der Waals surface area contributed by atoms with Gasteiger partial charge >= 0.3 is 16.3 Å². The van der Waals surface area contributed by atoms with E-state index in [9.17, 15) is 18.4 Å². The van der Waals surface area contributed by atoms with Crippen molar-refractivity contribution in [3.63, 3.8) is 0 Å². The van der Waals surface area contributed by atoms with Gasteiger partial charge in [0, 0.05) is 0 Å². The maximum Gasteiger partial charge on any atom is 0.401 e. The molecule has 9 heteroatoms. The first-order chi connectivity index (χ1) is 7.88. The fourth-order valence-electron chi connectivity index (χ4n) is 1.29. The first-order valence-corrected chi connectivity index (χ1v) is 5.69. The number of para-hydroxylation sites is 2. The molecule has 17 heavy (non-hydrogen) atoms. The maximum atomic E-state index is 11.4. The lowest BCUT2D eigenvalue weighted by Crippen LogP contribution is -2.46. The molecular weight excluding hydrogens is 254 g/mol. The third kappa shape index (κ3) is 2.36. The van der Waals surface area contributed by atoms with Crippen molar-refractivity contribution in [3.8, 4) is 5.75 Å². The van der Waals surface area contributed by atoms with Gasteiger partial charge in [0.25, 0.3) is 6.29 Å². The second-order valence-corrected chi connectivity index (χ2v) is 4.14. The molecule has 1 atom stereocenters. The lowest BCUT2D eigenvalue weighted by Gasteiger charge is -2.28. The van der Waals surface area contributed by atoms with Crippen molar-refractivity contribution in [1.29, 1.82) is 0 Å². The summed E-state index contributed by atoms with van der Waals surface area (Å²) >= 11 is 0. The molecule has 2 N–H and O–H groups in total. The van der Waals surface area contributed by atoms with Crippen molar-refractivity contribution in [2.75, 3.05) is 5.06 Å². The topological polar surface area (TPSA) is 113 Å². The highest BCUT2D eigenvalue weighted by atomic mass is 32.3. The van der Waals surface area contributed by atoms with E-state index in [2.05, 4.69) is 4.18 Å². The zero-order valence-electron chi connectivity index (χ0n) is 8.18. The third-order valence-electron chi connectivity index (χ3n) is 1.95. The fourth-order valence-corrected chi connectivity index (χ4v) is 1.63. The Labute approximate surface area is 95.9 Å². The summed E-state index contributed by atoms with van der Waals surface area (Å²) in [6.07, 6.45) is -1.95. The minimum absolute atomic E-state index is 0.0447. The maximum absolute atomic E-state index is 11.4. The highest BCUT2D eigenvalue weighted by molar-refractivity contribution is 7.80. The predicted octanol–water partition coefficient (Wildman–Crippen LogP) is -0.0533. The quantitative estimate of drug-likeness (QED) is 0.566. The molecule has 0 aromatic heterocycles. The van der Waals surface area contributed by atoms with Crippen LogP contribution in [0.15, 0.2) is 24.3 Å². The van der Waals surface area contributed by atoms with E-state index in [1.807, 2.05) is 0 Å². The standard InChI is InChI=1S/C8H7NO7S/c10-7-8(16-17(12,13)14)15-6-4-2-1-3-5(6)9(7)11/h1-4,8,11H,(H,12,13,14). The Balaban J connectivity index is 2.34. The van der Waals surface area contributed by atoms with Gasteiger partial charge in [-0.3, -0.25) is 14.6 Å². The van der Waals surface area contributed by atoms with Crippen molar-refractivity contribution in [2.45, 2.75) is 6.29 Å². The van der Waals surface area contributed by atoms with E-state index in [0.717, 1.165) is 0 Å². The molecule has 1 aromatic rings. The van der Waals surface area contributed by atoms with Crippen LogP contribution in [-0.4, -0.2) is 30.4 Å². The SMILES string of the molecule is O=C1C(OS(=O)(=O)O)Oc2ccccc2N1O. The van der Waals surface area contributed by atoms with Crippen molar-refractivity contribution in [3.05, 3.63) is 24.3 Å². The summed E-state index contributed by atoms with van der Waals surface area (Å²) in [5, 5.41) is 9.63. The van der Waals surface area contributed by atoms with Crippen LogP contribution >= 0.6 is 0 Å². The average molecular weight is 261 g/mol. The zero-order chi connectivity index (χ0) is 12.6. The number of anilines is 1. The first-order valence-electron chi connectivity index (χ1n) is 4.33. The first kappa shape index (κ1) is 11.8. The van der Waals surface area contributed by atoms with Crippen LogP contribution in [0, 0.1) is 0 Å². The molecule has 0 saturated carbocycles. The highest BCUT2D eigenvalue weighted by Gasteiger charge is 2.37. The van der Waals surface area contributed by atoms with Gasteiger partial charge in [-0.1, -0.05) is 12.1 Å². The van der Waals surface area contributed by atoms with E-state index in [0.29, 0.717) is 0 Å². The van der Waals surface area contributed by atoms with Gasteiger partial charge < -0.3 is 4.74 Å². The molecule has 0 aliphatic carbocycles. The molecule has 1 aliphatic rings. The van der Waals surface area contributed by atoms with Crippen molar-refractivity contribution in [2.24, 2.45) is 0 Å².